The van der Waals surface area contributed by atoms with E-state index in [-0.39, 0.29) is 23.0 Å². The van der Waals surface area contributed by atoms with E-state index in [1.54, 1.807) is 30.3 Å². The second-order valence-corrected chi connectivity index (χ2v) is 6.60. The van der Waals surface area contributed by atoms with E-state index in [4.69, 9.17) is 32.3 Å². The molecule has 0 heterocycles. The molecular formula is C23H18N6O6-2. The maximum Gasteiger partial charge on any atom is 0.233 e. The number of rotatable bonds is 2. The van der Waals surface area contributed by atoms with Crippen LogP contribution in [0.2, 0.25) is 0 Å². The molecule has 4 N–H and O–H groups in total. The summed E-state index contributed by atoms with van der Waals surface area (Å²) in [5.41, 5.74) is 29.5. The molecule has 3 aromatic rings. The van der Waals surface area contributed by atoms with Crippen LogP contribution >= 0.6 is 0 Å². The second kappa shape index (κ2) is 13.9. The number of aromatic hydroxyl groups is 4. The van der Waals surface area contributed by atoms with E-state index in [0.717, 1.165) is 5.56 Å². The van der Waals surface area contributed by atoms with Crippen LogP contribution in [0.1, 0.15) is 27.0 Å². The average Bonchev–Trinajstić information content (AvgIpc) is 2.81. The van der Waals surface area contributed by atoms with Crippen LogP contribution < -0.4 is 0 Å². The van der Waals surface area contributed by atoms with Crippen LogP contribution in [0.15, 0.2) is 66.7 Å². The zero-order valence-electron chi connectivity index (χ0n) is 17.9. The highest BCUT2D eigenvalue weighted by Gasteiger charge is 2.19. The molecule has 0 spiro atoms. The average molecular weight is 474 g/mol. The molecule has 12 heteroatoms. The van der Waals surface area contributed by atoms with Gasteiger partial charge in [-0.15, -0.1) is 0 Å². The van der Waals surface area contributed by atoms with E-state index >= 15 is 0 Å². The van der Waals surface area contributed by atoms with Crippen molar-refractivity contribution in [1.82, 2.24) is 0 Å². The minimum Gasteiger partial charge on any atom is -0.508 e. The molecule has 0 saturated carbocycles. The van der Waals surface area contributed by atoms with Gasteiger partial charge in [0.15, 0.2) is 0 Å². The van der Waals surface area contributed by atoms with Crippen molar-refractivity contribution in [3.8, 4) is 23.0 Å². The van der Waals surface area contributed by atoms with Crippen molar-refractivity contribution in [2.75, 3.05) is 0 Å². The van der Waals surface area contributed by atoms with Crippen LogP contribution in [0.5, 0.6) is 23.0 Å². The molecule has 35 heavy (non-hydrogen) atoms. The summed E-state index contributed by atoms with van der Waals surface area (Å²) in [5, 5.41) is 37.5. The Bertz CT molecular complexity index is 1250. The zero-order valence-corrected chi connectivity index (χ0v) is 17.9. The number of allylic oxidation sites excluding steroid dienone is 1. The van der Waals surface area contributed by atoms with Crippen LogP contribution in [-0.4, -0.2) is 32.0 Å². The number of benzene rings is 3. The number of carbonyl (C=O) groups is 2. The van der Waals surface area contributed by atoms with Gasteiger partial charge in [0.1, 0.15) is 23.0 Å². The predicted molar refractivity (Wildman–Crippen MR) is 127 cm³/mol. The van der Waals surface area contributed by atoms with Gasteiger partial charge in [0.05, 0.1) is 0 Å². The van der Waals surface area contributed by atoms with Crippen LogP contribution in [0.3, 0.4) is 0 Å². The number of hydrogen-bond donors (Lipinski definition) is 4. The number of phenols is 4. The van der Waals surface area contributed by atoms with E-state index in [1.807, 2.05) is 12.1 Å². The summed E-state index contributed by atoms with van der Waals surface area (Å²) < 4.78 is 0. The van der Waals surface area contributed by atoms with Crippen molar-refractivity contribution >= 4 is 17.6 Å². The van der Waals surface area contributed by atoms with E-state index in [1.165, 1.54) is 40.2 Å². The minimum absolute atomic E-state index is 0.0128. The molecule has 178 valence electrons. The quantitative estimate of drug-likeness (QED) is 0.166. The van der Waals surface area contributed by atoms with Crippen molar-refractivity contribution in [3.63, 3.8) is 0 Å². The smallest absolute Gasteiger partial charge is 0.233 e. The lowest BCUT2D eigenvalue weighted by atomic mass is 9.96. The molecule has 0 amide bonds. The largest absolute Gasteiger partial charge is 0.508 e. The lowest BCUT2D eigenvalue weighted by Crippen LogP contribution is -2.15. The highest BCUT2D eigenvalue weighted by molar-refractivity contribution is 6.49. The lowest BCUT2D eigenvalue weighted by molar-refractivity contribution is -0.110. The van der Waals surface area contributed by atoms with Gasteiger partial charge in [-0.05, 0) is 34.9 Å². The first-order valence-corrected chi connectivity index (χ1v) is 9.52. The summed E-state index contributed by atoms with van der Waals surface area (Å²) in [6.45, 7) is 0. The van der Waals surface area contributed by atoms with Gasteiger partial charge in [0.25, 0.3) is 0 Å². The number of nitrogens with zero attached hydrogens (tertiary/aromatic N) is 6. The maximum atomic E-state index is 11.2. The standard InChI is InChI=1S/C13H12O4.C10H6O2.2N3/c14-10-3-1-8(12(16)6-10)5-9-2-4-11(15)7-13(9)17;11-9-6-5-7-3-1-2-4-8(7)10(9)12;2*1-3-2/h1-4,6-7,14-17H,5H2;1-6H;;/q;;2*-1. The van der Waals surface area contributed by atoms with Crippen molar-refractivity contribution in [3.05, 3.63) is 121 Å². The third-order valence-corrected chi connectivity index (χ3v) is 4.36. The molecular weight excluding hydrogens is 456 g/mol. The summed E-state index contributed by atoms with van der Waals surface area (Å²) in [5.74, 6) is -0.931. The van der Waals surface area contributed by atoms with Crippen LogP contribution in [0.4, 0.5) is 0 Å². The van der Waals surface area contributed by atoms with Crippen LogP contribution in [-0.2, 0) is 11.2 Å². The molecule has 0 radical (unpaired) electrons. The van der Waals surface area contributed by atoms with Crippen LogP contribution in [0, 0.1) is 0 Å². The van der Waals surface area contributed by atoms with Gasteiger partial charge < -0.3 is 42.6 Å². The fourth-order valence-corrected chi connectivity index (χ4v) is 2.83. The van der Waals surface area contributed by atoms with E-state index in [9.17, 15) is 19.8 Å². The number of hydrogen-bond acceptors (Lipinski definition) is 6. The highest BCUT2D eigenvalue weighted by Crippen LogP contribution is 2.29. The fourth-order valence-electron chi connectivity index (χ4n) is 2.83. The first-order chi connectivity index (χ1) is 16.7. The molecule has 0 bridgehead atoms. The van der Waals surface area contributed by atoms with Gasteiger partial charge in [-0.25, -0.2) is 0 Å². The Labute approximate surface area is 198 Å². The second-order valence-electron chi connectivity index (χ2n) is 6.60. The van der Waals surface area contributed by atoms with Gasteiger partial charge in [0.2, 0.25) is 11.6 Å². The molecule has 0 aliphatic heterocycles. The number of fused-ring (bicyclic) bond motifs is 1. The molecule has 0 unspecified atom stereocenters. The number of ketones is 2. The Morgan fingerprint density at radius 1 is 0.657 bits per heavy atom. The fraction of sp³-hybridized carbons (Fsp3) is 0.0435. The predicted octanol–water partition coefficient (Wildman–Crippen LogP) is 5.30. The third kappa shape index (κ3) is 8.54. The minimum atomic E-state index is -0.436. The van der Waals surface area contributed by atoms with Crippen molar-refractivity contribution in [2.45, 2.75) is 6.42 Å². The maximum absolute atomic E-state index is 11.2. The normalized spacial score (nSPS) is 10.5. The number of Topliss-reactive ketones (excluding diaryl/α,β-unsaturated/α-hetero) is 1. The Balaban J connectivity index is 0.000000296. The third-order valence-electron chi connectivity index (χ3n) is 4.36. The van der Waals surface area contributed by atoms with Gasteiger partial charge in [-0.3, -0.25) is 19.4 Å². The van der Waals surface area contributed by atoms with Gasteiger partial charge in [-0.1, -0.05) is 42.5 Å². The summed E-state index contributed by atoms with van der Waals surface area (Å²) in [6, 6.07) is 15.7. The molecule has 0 fully saturated rings. The zero-order chi connectivity index (χ0) is 26.4. The van der Waals surface area contributed by atoms with Gasteiger partial charge >= 0.3 is 0 Å². The highest BCUT2D eigenvalue weighted by atomic mass is 16.3. The first-order valence-electron chi connectivity index (χ1n) is 9.52. The first kappa shape index (κ1) is 27.6. The lowest BCUT2D eigenvalue weighted by Gasteiger charge is -2.07. The number of phenolic OH excluding ortho intramolecular Hbond substituents is 4. The topological polar surface area (TPSA) is 232 Å². The molecule has 3 aromatic carbocycles. The molecule has 1 aliphatic carbocycles. The molecule has 4 rings (SSSR count). The monoisotopic (exact) mass is 474 g/mol. The Kier molecular flexibility index (Phi) is 10.9. The van der Waals surface area contributed by atoms with E-state index in [2.05, 4.69) is 0 Å². The number of carbonyl (C=O) groups excluding carboxylic acids is 2. The molecule has 0 saturated heterocycles. The molecule has 12 nitrogen and oxygen atoms in total. The SMILES string of the molecule is O=C1C=Cc2ccccc2C1=O.Oc1ccc(Cc2ccc(O)cc2O)c(O)c1.[N-]=[N+]=[N-].[N-]=[N+]=[N-]. The van der Waals surface area contributed by atoms with E-state index < -0.39 is 11.6 Å². The molecule has 0 aromatic heterocycles. The Morgan fingerprint density at radius 3 is 1.57 bits per heavy atom. The summed E-state index contributed by atoms with van der Waals surface area (Å²) >= 11 is 0. The summed E-state index contributed by atoms with van der Waals surface area (Å²) in [6.07, 6.45) is 3.29. The van der Waals surface area contributed by atoms with Gasteiger partial charge in [0, 0.05) is 24.1 Å². The van der Waals surface area contributed by atoms with Crippen molar-refractivity contribution in [2.24, 2.45) is 0 Å². The summed E-state index contributed by atoms with van der Waals surface area (Å²) in [4.78, 5) is 25.1. The van der Waals surface area contributed by atoms with Crippen molar-refractivity contribution < 1.29 is 30.0 Å². The molecule has 1 aliphatic rings. The summed E-state index contributed by atoms with van der Waals surface area (Å²) in [7, 11) is 0. The van der Waals surface area contributed by atoms with Crippen molar-refractivity contribution in [1.29, 1.82) is 0 Å². The molecule has 0 atom stereocenters. The van der Waals surface area contributed by atoms with Crippen LogP contribution in [0.25, 0.3) is 38.0 Å². The van der Waals surface area contributed by atoms with Gasteiger partial charge in [-0.2, -0.15) is 0 Å². The Morgan fingerprint density at radius 2 is 1.11 bits per heavy atom. The van der Waals surface area contributed by atoms with E-state index in [0.29, 0.717) is 23.1 Å². The Hall–Kier alpha value is -5.44.